The highest BCUT2D eigenvalue weighted by molar-refractivity contribution is 6.17. The average Bonchev–Trinajstić information content (AvgIpc) is 3.18. The Bertz CT molecular complexity index is 1290. The van der Waals surface area contributed by atoms with Gasteiger partial charge in [0.15, 0.2) is 0 Å². The van der Waals surface area contributed by atoms with Crippen LogP contribution in [0, 0.1) is 6.92 Å². The van der Waals surface area contributed by atoms with Gasteiger partial charge in [-0.05, 0) is 43.3 Å². The number of fused-ring (bicyclic) bond motifs is 1. The van der Waals surface area contributed by atoms with Gasteiger partial charge >= 0.3 is 0 Å². The number of benzene rings is 3. The van der Waals surface area contributed by atoms with Crippen molar-refractivity contribution in [1.29, 1.82) is 0 Å². The zero-order valence-corrected chi connectivity index (χ0v) is 17.9. The summed E-state index contributed by atoms with van der Waals surface area (Å²) in [4.78, 5) is 26.0. The minimum atomic E-state index is -0.535. The number of ether oxygens (including phenoxy) is 2. The third kappa shape index (κ3) is 4.13. The van der Waals surface area contributed by atoms with Gasteiger partial charge in [-0.3, -0.25) is 9.59 Å². The summed E-state index contributed by atoms with van der Waals surface area (Å²) < 4.78 is 16.4. The molecule has 2 N–H and O–H groups in total. The lowest BCUT2D eigenvalue weighted by atomic mass is 10.1. The van der Waals surface area contributed by atoms with E-state index in [9.17, 15) is 9.59 Å². The van der Waals surface area contributed by atoms with Gasteiger partial charge in [0.2, 0.25) is 5.76 Å². The fourth-order valence-corrected chi connectivity index (χ4v) is 3.31. The number of amides is 2. The van der Waals surface area contributed by atoms with Crippen LogP contribution in [0.2, 0.25) is 0 Å². The maximum Gasteiger partial charge on any atom is 0.293 e. The molecule has 0 radical (unpaired) electrons. The predicted octanol–water partition coefficient (Wildman–Crippen LogP) is 5.26. The molecule has 0 saturated heterocycles. The summed E-state index contributed by atoms with van der Waals surface area (Å²) >= 11 is 0. The van der Waals surface area contributed by atoms with Crippen LogP contribution in [0.5, 0.6) is 11.5 Å². The number of carbonyl (C=O) groups is 2. The van der Waals surface area contributed by atoms with Gasteiger partial charge in [-0.15, -0.1) is 0 Å². The molecule has 0 aliphatic rings. The molecule has 2 amide bonds. The molecule has 0 saturated carbocycles. The molecule has 1 heterocycles. The molecule has 4 rings (SSSR count). The second-order valence-electron chi connectivity index (χ2n) is 7.14. The molecule has 0 unspecified atom stereocenters. The highest BCUT2D eigenvalue weighted by atomic mass is 16.5. The van der Waals surface area contributed by atoms with Gasteiger partial charge in [-0.25, -0.2) is 0 Å². The van der Waals surface area contributed by atoms with Crippen molar-refractivity contribution in [3.63, 3.8) is 0 Å². The zero-order chi connectivity index (χ0) is 22.7. The third-order valence-corrected chi connectivity index (χ3v) is 5.01. The van der Waals surface area contributed by atoms with Crippen LogP contribution in [0.15, 0.2) is 71.1 Å². The molecule has 0 atom stereocenters. The summed E-state index contributed by atoms with van der Waals surface area (Å²) in [7, 11) is 3.04. The first-order chi connectivity index (χ1) is 15.5. The Kier molecular flexibility index (Phi) is 5.81. The number of nitrogens with one attached hydrogen (secondary N) is 2. The van der Waals surface area contributed by atoms with Crippen LogP contribution >= 0.6 is 0 Å². The van der Waals surface area contributed by atoms with Gasteiger partial charge in [-0.1, -0.05) is 29.8 Å². The van der Waals surface area contributed by atoms with Gasteiger partial charge in [0.05, 0.1) is 19.9 Å². The summed E-state index contributed by atoms with van der Waals surface area (Å²) in [6, 6.07) is 19.3. The number of para-hydroxylation sites is 1. The van der Waals surface area contributed by atoms with Crippen molar-refractivity contribution < 1.29 is 23.5 Å². The molecule has 162 valence electrons. The first kappa shape index (κ1) is 21.0. The number of anilines is 2. The van der Waals surface area contributed by atoms with Crippen LogP contribution in [0.25, 0.3) is 11.0 Å². The number of carbonyl (C=O) groups excluding carboxylic acids is 2. The Hall–Kier alpha value is -4.26. The largest absolute Gasteiger partial charge is 0.497 e. The standard InChI is InChI=1S/C25H22N2O5/c1-15-8-10-16(11-9-15)24(28)27-22-18-6-4-5-7-20(18)32-23(22)25(29)26-19-14-17(30-2)12-13-21(19)31-3/h4-14H,1-3H3,(H,26,29)(H,27,28). The summed E-state index contributed by atoms with van der Waals surface area (Å²) in [6.45, 7) is 1.95. The van der Waals surface area contributed by atoms with Gasteiger partial charge < -0.3 is 24.5 Å². The van der Waals surface area contributed by atoms with Crippen molar-refractivity contribution in [3.8, 4) is 11.5 Å². The van der Waals surface area contributed by atoms with Crippen LogP contribution in [0.3, 0.4) is 0 Å². The Balaban J connectivity index is 1.70. The molecule has 0 fully saturated rings. The molecule has 7 heteroatoms. The molecule has 7 nitrogen and oxygen atoms in total. The second kappa shape index (κ2) is 8.85. The van der Waals surface area contributed by atoms with Gasteiger partial charge in [0.25, 0.3) is 11.8 Å². The normalized spacial score (nSPS) is 10.6. The minimum Gasteiger partial charge on any atom is -0.497 e. The summed E-state index contributed by atoms with van der Waals surface area (Å²) in [5.74, 6) is 0.118. The van der Waals surface area contributed by atoms with Crippen molar-refractivity contribution in [2.75, 3.05) is 24.9 Å². The number of hydrogen-bond donors (Lipinski definition) is 2. The van der Waals surface area contributed by atoms with Crippen LogP contribution in [-0.4, -0.2) is 26.0 Å². The molecule has 3 aromatic carbocycles. The predicted molar refractivity (Wildman–Crippen MR) is 123 cm³/mol. The second-order valence-corrected chi connectivity index (χ2v) is 7.14. The molecule has 32 heavy (non-hydrogen) atoms. The van der Waals surface area contributed by atoms with E-state index in [0.29, 0.717) is 39.4 Å². The summed E-state index contributed by atoms with van der Waals surface area (Å²) in [6.07, 6.45) is 0. The maximum absolute atomic E-state index is 13.2. The molecular weight excluding hydrogens is 408 g/mol. The molecule has 0 aliphatic carbocycles. The zero-order valence-electron chi connectivity index (χ0n) is 17.9. The van der Waals surface area contributed by atoms with Crippen LogP contribution in [-0.2, 0) is 0 Å². The van der Waals surface area contributed by atoms with Gasteiger partial charge in [-0.2, -0.15) is 0 Å². The fraction of sp³-hybridized carbons (Fsp3) is 0.120. The Morgan fingerprint density at radius 1 is 0.844 bits per heavy atom. The number of hydrogen-bond acceptors (Lipinski definition) is 5. The van der Waals surface area contributed by atoms with E-state index in [2.05, 4.69) is 10.6 Å². The van der Waals surface area contributed by atoms with Gasteiger partial charge in [0, 0.05) is 17.0 Å². The summed E-state index contributed by atoms with van der Waals surface area (Å²) in [5.41, 5.74) is 2.71. The van der Waals surface area contributed by atoms with Crippen molar-refractivity contribution in [2.24, 2.45) is 0 Å². The Morgan fingerprint density at radius 3 is 2.31 bits per heavy atom. The molecular formula is C25H22N2O5. The lowest BCUT2D eigenvalue weighted by Gasteiger charge is -2.12. The molecule has 0 aliphatic heterocycles. The quantitative estimate of drug-likeness (QED) is 0.435. The topological polar surface area (TPSA) is 89.8 Å². The fourth-order valence-electron chi connectivity index (χ4n) is 3.31. The van der Waals surface area contributed by atoms with Crippen molar-refractivity contribution in [3.05, 3.63) is 83.6 Å². The monoisotopic (exact) mass is 430 g/mol. The third-order valence-electron chi connectivity index (χ3n) is 5.01. The number of methoxy groups -OCH3 is 2. The minimum absolute atomic E-state index is 0.0171. The average molecular weight is 430 g/mol. The van der Waals surface area contributed by atoms with E-state index in [1.54, 1.807) is 48.5 Å². The van der Waals surface area contributed by atoms with Crippen LogP contribution in [0.1, 0.15) is 26.5 Å². The van der Waals surface area contributed by atoms with E-state index in [-0.39, 0.29) is 11.7 Å². The van der Waals surface area contributed by atoms with Crippen molar-refractivity contribution >= 4 is 34.2 Å². The highest BCUT2D eigenvalue weighted by Crippen LogP contribution is 2.34. The lowest BCUT2D eigenvalue weighted by Crippen LogP contribution is -2.17. The Labute approximate surface area is 184 Å². The number of aryl methyl sites for hydroxylation is 1. The first-order valence-electron chi connectivity index (χ1n) is 9.93. The number of rotatable bonds is 6. The highest BCUT2D eigenvalue weighted by Gasteiger charge is 2.24. The first-order valence-corrected chi connectivity index (χ1v) is 9.93. The SMILES string of the molecule is COc1ccc(OC)c(NC(=O)c2oc3ccccc3c2NC(=O)c2ccc(C)cc2)c1. The van der Waals surface area contributed by atoms with E-state index in [0.717, 1.165) is 5.56 Å². The van der Waals surface area contributed by atoms with E-state index >= 15 is 0 Å². The van der Waals surface area contributed by atoms with Crippen LogP contribution < -0.4 is 20.1 Å². The van der Waals surface area contributed by atoms with E-state index in [1.165, 1.54) is 14.2 Å². The molecule has 0 spiro atoms. The smallest absolute Gasteiger partial charge is 0.293 e. The maximum atomic E-state index is 13.2. The van der Waals surface area contributed by atoms with Crippen molar-refractivity contribution in [2.45, 2.75) is 6.92 Å². The van der Waals surface area contributed by atoms with Gasteiger partial charge in [0.1, 0.15) is 22.8 Å². The molecule has 4 aromatic rings. The lowest BCUT2D eigenvalue weighted by molar-refractivity contribution is 0.0999. The van der Waals surface area contributed by atoms with E-state index in [1.807, 2.05) is 25.1 Å². The number of furan rings is 1. The molecule has 1 aromatic heterocycles. The van der Waals surface area contributed by atoms with E-state index < -0.39 is 5.91 Å². The molecule has 0 bridgehead atoms. The Morgan fingerprint density at radius 2 is 1.59 bits per heavy atom. The van der Waals surface area contributed by atoms with E-state index in [4.69, 9.17) is 13.9 Å². The summed E-state index contributed by atoms with van der Waals surface area (Å²) in [5, 5.41) is 6.24. The van der Waals surface area contributed by atoms with Crippen molar-refractivity contribution in [1.82, 2.24) is 0 Å². The van der Waals surface area contributed by atoms with Crippen LogP contribution in [0.4, 0.5) is 11.4 Å².